The Morgan fingerprint density at radius 2 is 1.95 bits per heavy atom. The van der Waals surface area contributed by atoms with Crippen molar-refractivity contribution in [2.45, 2.75) is 45.7 Å². The van der Waals surface area contributed by atoms with Crippen molar-refractivity contribution in [2.24, 2.45) is 5.92 Å². The van der Waals surface area contributed by atoms with Crippen LogP contribution in [0.5, 0.6) is 0 Å². The smallest absolute Gasteiger partial charge is 0.142 e. The number of likely N-dealkylation sites (tertiary alicyclic amines) is 1. The van der Waals surface area contributed by atoms with Crippen LogP contribution in [-0.2, 0) is 6.54 Å². The van der Waals surface area contributed by atoms with Crippen molar-refractivity contribution in [1.29, 1.82) is 0 Å². The lowest BCUT2D eigenvalue weighted by Crippen LogP contribution is -2.42. The van der Waals surface area contributed by atoms with Crippen molar-refractivity contribution in [3.63, 3.8) is 0 Å². The molecule has 0 saturated carbocycles. The lowest BCUT2D eigenvalue weighted by molar-refractivity contribution is 0.170. The molecule has 1 aliphatic heterocycles. The molecule has 118 valence electrons. The first kappa shape index (κ1) is 16.7. The molecule has 2 rings (SSSR count). The highest BCUT2D eigenvalue weighted by Crippen LogP contribution is 2.24. The topological polar surface area (TPSA) is 15.3 Å². The van der Waals surface area contributed by atoms with Gasteiger partial charge in [-0.2, -0.15) is 0 Å². The first-order valence-corrected chi connectivity index (χ1v) is 8.13. The molecular weight excluding hydrogens is 287 g/mol. The van der Waals surface area contributed by atoms with E-state index in [0.717, 1.165) is 37.7 Å². The average molecular weight is 313 g/mol. The number of benzene rings is 1. The van der Waals surface area contributed by atoms with E-state index in [1.165, 1.54) is 18.9 Å². The molecule has 1 aliphatic rings. The monoisotopic (exact) mass is 312 g/mol. The number of nitrogens with one attached hydrogen (secondary N) is 1. The molecule has 2 nitrogen and oxygen atoms in total. The van der Waals surface area contributed by atoms with E-state index in [4.69, 9.17) is 11.6 Å². The Morgan fingerprint density at radius 3 is 2.57 bits per heavy atom. The second-order valence-corrected chi connectivity index (χ2v) is 7.44. The van der Waals surface area contributed by atoms with E-state index in [2.05, 4.69) is 31.0 Å². The maximum Gasteiger partial charge on any atom is 0.142 e. The third-order valence-corrected chi connectivity index (χ3v) is 4.48. The average Bonchev–Trinajstić information content (AvgIpc) is 2.42. The standard InChI is InChI=1S/C17H26ClFN2/c1-17(2,3)20-11-13-7-9-21(10-8-13)12-14-5-4-6-15(19)16(14)18/h4-6,13,20H,7-12H2,1-3H3. The van der Waals surface area contributed by atoms with Gasteiger partial charge in [-0.3, -0.25) is 4.90 Å². The molecule has 1 aromatic rings. The summed E-state index contributed by atoms with van der Waals surface area (Å²) in [4.78, 5) is 2.37. The molecule has 0 aliphatic carbocycles. The Balaban J connectivity index is 1.80. The van der Waals surface area contributed by atoms with Gasteiger partial charge in [-0.15, -0.1) is 0 Å². The summed E-state index contributed by atoms with van der Waals surface area (Å²) in [5, 5.41) is 3.86. The molecule has 1 N–H and O–H groups in total. The summed E-state index contributed by atoms with van der Waals surface area (Å²) in [6.45, 7) is 10.6. The van der Waals surface area contributed by atoms with Crippen molar-refractivity contribution in [3.8, 4) is 0 Å². The van der Waals surface area contributed by atoms with E-state index in [-0.39, 0.29) is 16.4 Å². The van der Waals surface area contributed by atoms with Gasteiger partial charge >= 0.3 is 0 Å². The molecule has 4 heteroatoms. The van der Waals surface area contributed by atoms with Gasteiger partial charge in [0.1, 0.15) is 5.82 Å². The van der Waals surface area contributed by atoms with Gasteiger partial charge in [-0.1, -0.05) is 23.7 Å². The van der Waals surface area contributed by atoms with Crippen LogP contribution in [-0.4, -0.2) is 30.1 Å². The highest BCUT2D eigenvalue weighted by Gasteiger charge is 2.21. The van der Waals surface area contributed by atoms with Gasteiger partial charge in [0.25, 0.3) is 0 Å². The lowest BCUT2D eigenvalue weighted by Gasteiger charge is -2.34. The molecule has 0 atom stereocenters. The maximum atomic E-state index is 13.4. The molecule has 1 heterocycles. The van der Waals surface area contributed by atoms with Crippen molar-refractivity contribution >= 4 is 11.6 Å². The predicted octanol–water partition coefficient (Wildman–Crippen LogP) is 4.08. The van der Waals surface area contributed by atoms with Gasteiger partial charge in [-0.25, -0.2) is 4.39 Å². The minimum Gasteiger partial charge on any atom is -0.312 e. The van der Waals surface area contributed by atoms with Gasteiger partial charge in [0, 0.05) is 12.1 Å². The Morgan fingerprint density at radius 1 is 1.29 bits per heavy atom. The number of hydrogen-bond donors (Lipinski definition) is 1. The van der Waals surface area contributed by atoms with E-state index >= 15 is 0 Å². The van der Waals surface area contributed by atoms with Gasteiger partial charge in [0.15, 0.2) is 0 Å². The summed E-state index contributed by atoms with van der Waals surface area (Å²) < 4.78 is 13.4. The van der Waals surface area contributed by atoms with Gasteiger partial charge < -0.3 is 5.32 Å². The second-order valence-electron chi connectivity index (χ2n) is 7.06. The lowest BCUT2D eigenvalue weighted by atomic mass is 9.95. The van der Waals surface area contributed by atoms with E-state index in [1.54, 1.807) is 6.07 Å². The van der Waals surface area contributed by atoms with Crippen molar-refractivity contribution < 1.29 is 4.39 Å². The molecule has 0 aromatic heterocycles. The van der Waals surface area contributed by atoms with Crippen LogP contribution in [0, 0.1) is 11.7 Å². The van der Waals surface area contributed by atoms with Gasteiger partial charge in [0.2, 0.25) is 0 Å². The van der Waals surface area contributed by atoms with Crippen LogP contribution in [0.1, 0.15) is 39.2 Å². The fraction of sp³-hybridized carbons (Fsp3) is 0.647. The zero-order valence-electron chi connectivity index (χ0n) is 13.3. The zero-order chi connectivity index (χ0) is 15.5. The first-order valence-electron chi connectivity index (χ1n) is 7.75. The first-order chi connectivity index (χ1) is 9.85. The summed E-state index contributed by atoms with van der Waals surface area (Å²) in [7, 11) is 0. The molecule has 0 amide bonds. The summed E-state index contributed by atoms with van der Waals surface area (Å²) >= 11 is 6.03. The maximum absolute atomic E-state index is 13.4. The van der Waals surface area contributed by atoms with Crippen LogP contribution >= 0.6 is 11.6 Å². The Bertz CT molecular complexity index is 462. The number of rotatable bonds is 4. The number of nitrogens with zero attached hydrogens (tertiary/aromatic N) is 1. The van der Waals surface area contributed by atoms with E-state index in [1.807, 2.05) is 6.07 Å². The number of halogens is 2. The van der Waals surface area contributed by atoms with Crippen LogP contribution < -0.4 is 5.32 Å². The third kappa shape index (κ3) is 5.24. The molecular formula is C17H26ClFN2. The molecule has 0 bridgehead atoms. The Kier molecular flexibility index (Phi) is 5.64. The predicted molar refractivity (Wildman–Crippen MR) is 87.2 cm³/mol. The van der Waals surface area contributed by atoms with Gasteiger partial charge in [0.05, 0.1) is 5.02 Å². The van der Waals surface area contributed by atoms with Crippen LogP contribution in [0.2, 0.25) is 5.02 Å². The van der Waals surface area contributed by atoms with Crippen molar-refractivity contribution in [3.05, 3.63) is 34.6 Å². The summed E-state index contributed by atoms with van der Waals surface area (Å²) in [6.07, 6.45) is 2.38. The van der Waals surface area contributed by atoms with Crippen molar-refractivity contribution in [2.75, 3.05) is 19.6 Å². The van der Waals surface area contributed by atoms with Crippen LogP contribution in [0.15, 0.2) is 18.2 Å². The third-order valence-electron chi connectivity index (χ3n) is 4.05. The highest BCUT2D eigenvalue weighted by atomic mass is 35.5. The van der Waals surface area contributed by atoms with Crippen LogP contribution in [0.25, 0.3) is 0 Å². The zero-order valence-corrected chi connectivity index (χ0v) is 14.0. The Hall–Kier alpha value is -0.640. The summed E-state index contributed by atoms with van der Waals surface area (Å²) in [5.41, 5.74) is 1.08. The molecule has 0 spiro atoms. The minimum atomic E-state index is -0.321. The van der Waals surface area contributed by atoms with Gasteiger partial charge in [-0.05, 0) is 70.8 Å². The summed E-state index contributed by atoms with van der Waals surface area (Å²) in [6, 6.07) is 5.06. The highest BCUT2D eigenvalue weighted by molar-refractivity contribution is 6.31. The molecule has 21 heavy (non-hydrogen) atoms. The van der Waals surface area contributed by atoms with E-state index < -0.39 is 0 Å². The fourth-order valence-electron chi connectivity index (χ4n) is 2.71. The quantitative estimate of drug-likeness (QED) is 0.901. The SMILES string of the molecule is CC(C)(C)NCC1CCN(Cc2cccc(F)c2Cl)CC1. The Labute approximate surface area is 132 Å². The van der Waals surface area contributed by atoms with Crippen LogP contribution in [0.4, 0.5) is 4.39 Å². The summed E-state index contributed by atoms with van der Waals surface area (Å²) in [5.74, 6) is 0.418. The second kappa shape index (κ2) is 7.08. The normalized spacial score (nSPS) is 18.1. The largest absolute Gasteiger partial charge is 0.312 e. The molecule has 0 unspecified atom stereocenters. The number of hydrogen-bond acceptors (Lipinski definition) is 2. The fourth-order valence-corrected chi connectivity index (χ4v) is 2.90. The minimum absolute atomic E-state index is 0.187. The van der Waals surface area contributed by atoms with E-state index in [9.17, 15) is 4.39 Å². The molecule has 1 aromatic carbocycles. The molecule has 0 radical (unpaired) electrons. The molecule has 1 fully saturated rings. The molecule has 1 saturated heterocycles. The van der Waals surface area contributed by atoms with E-state index in [0.29, 0.717) is 0 Å². The van der Waals surface area contributed by atoms with Crippen molar-refractivity contribution in [1.82, 2.24) is 10.2 Å². The number of piperidine rings is 1. The van der Waals surface area contributed by atoms with Crippen LogP contribution in [0.3, 0.4) is 0 Å².